The Kier molecular flexibility index (Phi) is 3.55. The fourth-order valence-electron chi connectivity index (χ4n) is 1.58. The van der Waals surface area contributed by atoms with Crippen molar-refractivity contribution in [3.63, 3.8) is 0 Å². The van der Waals surface area contributed by atoms with Crippen molar-refractivity contribution >= 4 is 12.3 Å². The molecule has 0 amide bonds. The molecule has 0 bridgehead atoms. The van der Waals surface area contributed by atoms with Gasteiger partial charge in [-0.05, 0) is 18.2 Å². The van der Waals surface area contributed by atoms with Crippen LogP contribution in [0.1, 0.15) is 16.8 Å². The maximum Gasteiger partial charge on any atom is 0.333 e. The van der Waals surface area contributed by atoms with E-state index in [0.717, 1.165) is 6.29 Å². The van der Waals surface area contributed by atoms with E-state index in [9.17, 15) is 9.59 Å². The van der Waals surface area contributed by atoms with Crippen LogP contribution in [0.4, 0.5) is 0 Å². The number of carbonyl (C=O) groups is 2. The first-order chi connectivity index (χ1) is 8.31. The number of aldehydes is 1. The molecule has 1 aromatic rings. The van der Waals surface area contributed by atoms with Gasteiger partial charge in [0, 0.05) is 12.0 Å². The third-order valence-corrected chi connectivity index (χ3v) is 2.48. The van der Waals surface area contributed by atoms with Gasteiger partial charge in [0.15, 0.2) is 6.29 Å². The van der Waals surface area contributed by atoms with E-state index in [0.29, 0.717) is 29.9 Å². The van der Waals surface area contributed by atoms with Crippen LogP contribution in [-0.2, 0) is 9.53 Å². The highest BCUT2D eigenvalue weighted by Crippen LogP contribution is 2.17. The Morgan fingerprint density at radius 1 is 1.35 bits per heavy atom. The van der Waals surface area contributed by atoms with E-state index in [-0.39, 0.29) is 12.6 Å². The molecule has 1 aliphatic rings. The third kappa shape index (κ3) is 2.72. The van der Waals surface area contributed by atoms with Crippen LogP contribution in [0.15, 0.2) is 35.9 Å². The first-order valence-electron chi connectivity index (χ1n) is 5.34. The Balaban J connectivity index is 1.98. The number of benzene rings is 1. The van der Waals surface area contributed by atoms with Crippen molar-refractivity contribution in [2.24, 2.45) is 0 Å². The highest BCUT2D eigenvalue weighted by molar-refractivity contribution is 5.90. The van der Waals surface area contributed by atoms with E-state index in [4.69, 9.17) is 9.47 Å². The summed E-state index contributed by atoms with van der Waals surface area (Å²) in [6, 6.07) is 6.96. The van der Waals surface area contributed by atoms with Gasteiger partial charge in [-0.3, -0.25) is 4.79 Å². The molecule has 88 valence electrons. The number of hydrogen-bond acceptors (Lipinski definition) is 4. The molecule has 0 aromatic heterocycles. The number of para-hydroxylation sites is 1. The van der Waals surface area contributed by atoms with Crippen molar-refractivity contribution in [3.05, 3.63) is 41.5 Å². The summed E-state index contributed by atoms with van der Waals surface area (Å²) in [4.78, 5) is 21.9. The molecule has 1 heterocycles. The van der Waals surface area contributed by atoms with Gasteiger partial charge in [-0.25, -0.2) is 4.79 Å². The van der Waals surface area contributed by atoms with Gasteiger partial charge in [0.1, 0.15) is 12.4 Å². The Labute approximate surface area is 98.8 Å². The van der Waals surface area contributed by atoms with Crippen molar-refractivity contribution < 1.29 is 19.1 Å². The molecule has 0 aliphatic carbocycles. The van der Waals surface area contributed by atoms with Gasteiger partial charge in [-0.2, -0.15) is 0 Å². The van der Waals surface area contributed by atoms with Crippen molar-refractivity contribution in [1.82, 2.24) is 0 Å². The van der Waals surface area contributed by atoms with E-state index in [1.165, 1.54) is 0 Å². The minimum Gasteiger partial charge on any atom is -0.489 e. The highest BCUT2D eigenvalue weighted by atomic mass is 16.5. The van der Waals surface area contributed by atoms with Crippen LogP contribution >= 0.6 is 0 Å². The molecule has 1 aromatic carbocycles. The fourth-order valence-corrected chi connectivity index (χ4v) is 1.58. The molecular formula is C13H12O4. The summed E-state index contributed by atoms with van der Waals surface area (Å²) in [5, 5.41) is 0. The standard InChI is InChI=1S/C13H12O4/c14-9-11-3-1-2-4-12(11)16-7-5-10-6-8-17-13(10)15/h1-5,9H,6-8H2/b10-5+. The summed E-state index contributed by atoms with van der Waals surface area (Å²) in [5.74, 6) is 0.239. The lowest BCUT2D eigenvalue weighted by atomic mass is 10.2. The van der Waals surface area contributed by atoms with E-state index < -0.39 is 0 Å². The lowest BCUT2D eigenvalue weighted by Crippen LogP contribution is -2.01. The maximum atomic E-state index is 11.1. The summed E-state index contributed by atoms with van der Waals surface area (Å²) < 4.78 is 10.2. The van der Waals surface area contributed by atoms with E-state index >= 15 is 0 Å². The van der Waals surface area contributed by atoms with Gasteiger partial charge in [0.2, 0.25) is 0 Å². The smallest absolute Gasteiger partial charge is 0.333 e. The molecule has 4 nitrogen and oxygen atoms in total. The van der Waals surface area contributed by atoms with Crippen LogP contribution in [0.25, 0.3) is 0 Å². The second-order valence-electron chi connectivity index (χ2n) is 3.58. The lowest BCUT2D eigenvalue weighted by molar-refractivity contribution is -0.135. The Morgan fingerprint density at radius 3 is 2.88 bits per heavy atom. The Morgan fingerprint density at radius 2 is 2.18 bits per heavy atom. The number of ether oxygens (including phenoxy) is 2. The van der Waals surface area contributed by atoms with Gasteiger partial charge < -0.3 is 9.47 Å². The van der Waals surface area contributed by atoms with E-state index in [1.54, 1.807) is 30.3 Å². The molecule has 0 saturated carbocycles. The number of carbonyl (C=O) groups excluding carboxylic acids is 2. The van der Waals surface area contributed by atoms with Crippen LogP contribution in [0.3, 0.4) is 0 Å². The average Bonchev–Trinajstić information content (AvgIpc) is 2.76. The van der Waals surface area contributed by atoms with E-state index in [2.05, 4.69) is 0 Å². The van der Waals surface area contributed by atoms with Crippen molar-refractivity contribution in [3.8, 4) is 5.75 Å². The minimum atomic E-state index is -0.280. The summed E-state index contributed by atoms with van der Waals surface area (Å²) in [5.41, 5.74) is 1.13. The van der Waals surface area contributed by atoms with Gasteiger partial charge in [0.25, 0.3) is 0 Å². The summed E-state index contributed by atoms with van der Waals surface area (Å²) >= 11 is 0. The van der Waals surface area contributed by atoms with Crippen LogP contribution in [0.5, 0.6) is 5.75 Å². The molecule has 0 atom stereocenters. The number of rotatable bonds is 4. The molecule has 0 N–H and O–H groups in total. The summed E-state index contributed by atoms with van der Waals surface area (Å²) in [6.45, 7) is 0.699. The quantitative estimate of drug-likeness (QED) is 0.451. The number of hydrogen-bond donors (Lipinski definition) is 0. The lowest BCUT2D eigenvalue weighted by Gasteiger charge is -2.05. The molecule has 1 aliphatic heterocycles. The fraction of sp³-hybridized carbons (Fsp3) is 0.231. The summed E-state index contributed by atoms with van der Waals surface area (Å²) in [6.07, 6.45) is 3.06. The first-order valence-corrected chi connectivity index (χ1v) is 5.34. The highest BCUT2D eigenvalue weighted by Gasteiger charge is 2.17. The van der Waals surface area contributed by atoms with Gasteiger partial charge in [-0.1, -0.05) is 12.1 Å². The van der Waals surface area contributed by atoms with Gasteiger partial charge >= 0.3 is 5.97 Å². The predicted octanol–water partition coefficient (Wildman–Crippen LogP) is 1.75. The Hall–Kier alpha value is -2.10. The maximum absolute atomic E-state index is 11.1. The van der Waals surface area contributed by atoms with Crippen molar-refractivity contribution in [2.45, 2.75) is 6.42 Å². The SMILES string of the molecule is O=Cc1ccccc1OC/C=C1\CCOC1=O. The zero-order chi connectivity index (χ0) is 12.1. The molecule has 1 fully saturated rings. The third-order valence-electron chi connectivity index (χ3n) is 2.48. The van der Waals surface area contributed by atoms with Crippen molar-refractivity contribution in [2.75, 3.05) is 13.2 Å². The zero-order valence-electron chi connectivity index (χ0n) is 9.22. The van der Waals surface area contributed by atoms with E-state index in [1.807, 2.05) is 0 Å². The number of esters is 1. The molecule has 2 rings (SSSR count). The minimum absolute atomic E-state index is 0.259. The van der Waals surface area contributed by atoms with Gasteiger partial charge in [-0.15, -0.1) is 0 Å². The normalized spacial score (nSPS) is 16.9. The molecule has 0 radical (unpaired) electrons. The zero-order valence-corrected chi connectivity index (χ0v) is 9.22. The average molecular weight is 232 g/mol. The van der Waals surface area contributed by atoms with Crippen LogP contribution in [0, 0.1) is 0 Å². The molecule has 0 unspecified atom stereocenters. The molecular weight excluding hydrogens is 220 g/mol. The molecule has 0 spiro atoms. The topological polar surface area (TPSA) is 52.6 Å². The second kappa shape index (κ2) is 5.30. The van der Waals surface area contributed by atoms with Crippen LogP contribution in [-0.4, -0.2) is 25.5 Å². The molecule has 17 heavy (non-hydrogen) atoms. The first kappa shape index (κ1) is 11.4. The van der Waals surface area contributed by atoms with Crippen LogP contribution < -0.4 is 4.74 Å². The largest absolute Gasteiger partial charge is 0.489 e. The van der Waals surface area contributed by atoms with Gasteiger partial charge in [0.05, 0.1) is 12.2 Å². The second-order valence-corrected chi connectivity index (χ2v) is 3.58. The molecule has 4 heteroatoms. The monoisotopic (exact) mass is 232 g/mol. The predicted molar refractivity (Wildman–Crippen MR) is 61.0 cm³/mol. The van der Waals surface area contributed by atoms with Crippen molar-refractivity contribution in [1.29, 1.82) is 0 Å². The van der Waals surface area contributed by atoms with Crippen LogP contribution in [0.2, 0.25) is 0 Å². The molecule has 1 saturated heterocycles. The number of cyclic esters (lactones) is 1. The summed E-state index contributed by atoms with van der Waals surface area (Å²) in [7, 11) is 0. The Bertz CT molecular complexity index is 462.